The molecular formula is C34H52N2O12S. The van der Waals surface area contributed by atoms with Gasteiger partial charge in [-0.3, -0.25) is 18.7 Å². The number of aliphatic hydroxyl groups is 2. The zero-order valence-electron chi connectivity index (χ0n) is 28.0. The SMILES string of the molecule is CN1[C@@H]2CC[C@H]1C[C@@H](OC(=O)[C@H](CO)c1ccccc1)C2.CN1[C@@H]2CC[C@H]1C[C@@H](OC(=O)[C@H](CO)c1ccccc1)C2.O.O.O=S(=O)(O)O. The minimum atomic E-state index is -4.67. The molecule has 0 amide bonds. The predicted molar refractivity (Wildman–Crippen MR) is 181 cm³/mol. The average Bonchev–Trinajstić information content (AvgIpc) is 3.34. The number of carbonyl (C=O) groups is 2. The van der Waals surface area contributed by atoms with Crippen molar-refractivity contribution in [1.82, 2.24) is 9.80 Å². The first-order chi connectivity index (χ1) is 22.4. The quantitative estimate of drug-likeness (QED) is 0.225. The molecule has 4 bridgehead atoms. The third-order valence-corrected chi connectivity index (χ3v) is 10.0. The molecule has 2 aromatic rings. The van der Waals surface area contributed by atoms with Crippen molar-refractivity contribution in [3.8, 4) is 0 Å². The maximum Gasteiger partial charge on any atom is 0.394 e. The second-order valence-electron chi connectivity index (χ2n) is 12.9. The summed E-state index contributed by atoms with van der Waals surface area (Å²) in [4.78, 5) is 29.6. The summed E-state index contributed by atoms with van der Waals surface area (Å²) in [5.41, 5.74) is 1.64. The van der Waals surface area contributed by atoms with Gasteiger partial charge in [0.15, 0.2) is 0 Å². The van der Waals surface area contributed by atoms with E-state index in [1.54, 1.807) is 0 Å². The van der Waals surface area contributed by atoms with Crippen LogP contribution in [0.25, 0.3) is 0 Å². The van der Waals surface area contributed by atoms with Gasteiger partial charge in [0.2, 0.25) is 0 Å². The molecule has 8 atom stereocenters. The molecule has 0 aromatic heterocycles. The molecule has 4 fully saturated rings. The molecule has 4 aliphatic rings. The van der Waals surface area contributed by atoms with Gasteiger partial charge in [-0.15, -0.1) is 0 Å². The minimum absolute atomic E-state index is 0. The monoisotopic (exact) mass is 712 g/mol. The highest BCUT2D eigenvalue weighted by molar-refractivity contribution is 7.79. The average molecular weight is 713 g/mol. The summed E-state index contributed by atoms with van der Waals surface area (Å²) in [6.07, 6.45) is 8.52. The summed E-state index contributed by atoms with van der Waals surface area (Å²) in [7, 11) is -0.332. The number of fused-ring (bicyclic) bond motifs is 4. The van der Waals surface area contributed by atoms with E-state index in [2.05, 4.69) is 23.9 Å². The number of benzene rings is 2. The van der Waals surface area contributed by atoms with E-state index >= 15 is 0 Å². The van der Waals surface area contributed by atoms with Crippen LogP contribution in [0, 0.1) is 0 Å². The van der Waals surface area contributed by atoms with Gasteiger partial charge in [0.25, 0.3) is 0 Å². The summed E-state index contributed by atoms with van der Waals surface area (Å²) in [6, 6.07) is 20.9. The number of ether oxygens (including phenoxy) is 2. The van der Waals surface area contributed by atoms with Crippen molar-refractivity contribution in [3.05, 3.63) is 71.8 Å². The van der Waals surface area contributed by atoms with Crippen molar-refractivity contribution < 1.29 is 57.8 Å². The highest BCUT2D eigenvalue weighted by Gasteiger charge is 2.41. The number of hydrogen-bond acceptors (Lipinski definition) is 10. The van der Waals surface area contributed by atoms with Gasteiger partial charge in [0.05, 0.1) is 13.2 Å². The van der Waals surface area contributed by atoms with Gasteiger partial charge in [0, 0.05) is 24.2 Å². The van der Waals surface area contributed by atoms with Crippen LogP contribution in [0.5, 0.6) is 0 Å². The van der Waals surface area contributed by atoms with Crippen LogP contribution in [0.4, 0.5) is 0 Å². The lowest BCUT2D eigenvalue weighted by molar-refractivity contribution is -0.156. The first-order valence-electron chi connectivity index (χ1n) is 16.2. The number of rotatable bonds is 8. The van der Waals surface area contributed by atoms with Crippen molar-refractivity contribution in [2.24, 2.45) is 0 Å². The maximum absolute atomic E-state index is 12.4. The van der Waals surface area contributed by atoms with E-state index < -0.39 is 22.2 Å². The smallest absolute Gasteiger partial charge is 0.394 e. The Morgan fingerprint density at radius 2 is 0.918 bits per heavy atom. The van der Waals surface area contributed by atoms with E-state index in [4.69, 9.17) is 27.0 Å². The Balaban J connectivity index is 0.000000289. The molecule has 0 aliphatic carbocycles. The van der Waals surface area contributed by atoms with Gasteiger partial charge in [-0.05, 0) is 76.6 Å². The van der Waals surface area contributed by atoms with Gasteiger partial charge in [-0.2, -0.15) is 8.42 Å². The minimum Gasteiger partial charge on any atom is -0.462 e. The summed E-state index contributed by atoms with van der Waals surface area (Å²) in [5.74, 6) is -1.72. The summed E-state index contributed by atoms with van der Waals surface area (Å²) in [6.45, 7) is -0.412. The second kappa shape index (κ2) is 19.4. The van der Waals surface area contributed by atoms with Gasteiger partial charge in [-0.25, -0.2) is 0 Å². The van der Waals surface area contributed by atoms with Crippen LogP contribution < -0.4 is 0 Å². The van der Waals surface area contributed by atoms with Crippen molar-refractivity contribution in [1.29, 1.82) is 0 Å². The molecule has 0 saturated carbocycles. The summed E-state index contributed by atoms with van der Waals surface area (Å²) < 4.78 is 43.0. The largest absolute Gasteiger partial charge is 0.462 e. The molecule has 6 rings (SSSR count). The Morgan fingerprint density at radius 1 is 0.653 bits per heavy atom. The van der Waals surface area contributed by atoms with Crippen molar-refractivity contribution in [2.45, 2.75) is 99.6 Å². The molecule has 4 aliphatic heterocycles. The fourth-order valence-electron chi connectivity index (χ4n) is 7.41. The Hall–Kier alpha value is -2.99. The maximum atomic E-state index is 12.4. The number of esters is 2. The number of hydrogen-bond donors (Lipinski definition) is 4. The fourth-order valence-corrected chi connectivity index (χ4v) is 7.41. The molecule has 276 valence electrons. The Kier molecular flexibility index (Phi) is 16.7. The molecule has 4 saturated heterocycles. The second-order valence-corrected chi connectivity index (χ2v) is 13.8. The summed E-state index contributed by atoms with van der Waals surface area (Å²) >= 11 is 0. The van der Waals surface area contributed by atoms with Crippen LogP contribution in [-0.4, -0.2) is 124 Å². The predicted octanol–water partition coefficient (Wildman–Crippen LogP) is 1.56. The van der Waals surface area contributed by atoms with Gasteiger partial charge in [0.1, 0.15) is 24.0 Å². The van der Waals surface area contributed by atoms with Crippen LogP contribution in [0.3, 0.4) is 0 Å². The normalized spacial score (nSPS) is 27.0. The molecular weight excluding hydrogens is 660 g/mol. The van der Waals surface area contributed by atoms with Crippen LogP contribution in [0.1, 0.15) is 74.3 Å². The van der Waals surface area contributed by atoms with Crippen LogP contribution >= 0.6 is 0 Å². The lowest BCUT2D eigenvalue weighted by Crippen LogP contribution is -2.43. The molecule has 15 heteroatoms. The van der Waals surface area contributed by atoms with Crippen molar-refractivity contribution >= 4 is 22.3 Å². The fraction of sp³-hybridized carbons (Fsp3) is 0.588. The molecule has 8 N–H and O–H groups in total. The van der Waals surface area contributed by atoms with Gasteiger partial charge >= 0.3 is 22.3 Å². The van der Waals surface area contributed by atoms with E-state index in [1.807, 2.05) is 60.7 Å². The topological polar surface area (TPSA) is 237 Å². The Labute approximate surface area is 288 Å². The lowest BCUT2D eigenvalue weighted by Gasteiger charge is -2.36. The van der Waals surface area contributed by atoms with Crippen molar-refractivity contribution in [3.63, 3.8) is 0 Å². The first kappa shape index (κ1) is 42.2. The Bertz CT molecular complexity index is 1270. The third kappa shape index (κ3) is 12.1. The van der Waals surface area contributed by atoms with E-state index in [1.165, 1.54) is 25.7 Å². The lowest BCUT2D eigenvalue weighted by atomic mass is 9.98. The third-order valence-electron chi connectivity index (χ3n) is 10.0. The number of carbonyl (C=O) groups excluding carboxylic acids is 2. The van der Waals surface area contributed by atoms with E-state index in [0.29, 0.717) is 24.2 Å². The zero-order chi connectivity index (χ0) is 34.1. The van der Waals surface area contributed by atoms with Gasteiger partial charge < -0.3 is 40.4 Å². The summed E-state index contributed by atoms with van der Waals surface area (Å²) in [5, 5.41) is 19.1. The zero-order valence-corrected chi connectivity index (χ0v) is 28.8. The van der Waals surface area contributed by atoms with E-state index in [-0.39, 0.29) is 48.3 Å². The van der Waals surface area contributed by atoms with Crippen LogP contribution in [0.15, 0.2) is 60.7 Å². The number of aliphatic hydroxyl groups excluding tert-OH is 2. The molecule has 0 radical (unpaired) electrons. The first-order valence-corrected chi connectivity index (χ1v) is 17.6. The molecule has 14 nitrogen and oxygen atoms in total. The number of piperidine rings is 2. The highest BCUT2D eigenvalue weighted by Crippen LogP contribution is 2.37. The van der Waals surface area contributed by atoms with E-state index in [0.717, 1.165) is 36.8 Å². The van der Waals surface area contributed by atoms with Crippen molar-refractivity contribution in [2.75, 3.05) is 27.3 Å². The molecule has 2 aromatic carbocycles. The Morgan fingerprint density at radius 3 is 1.16 bits per heavy atom. The molecule has 0 spiro atoms. The van der Waals surface area contributed by atoms with E-state index in [9.17, 15) is 19.8 Å². The number of nitrogens with zero attached hydrogens (tertiary/aromatic N) is 2. The highest BCUT2D eigenvalue weighted by atomic mass is 32.3. The standard InChI is InChI=1S/2C17H23NO3.H2O4S.2H2O/c2*1-18-13-7-8-14(18)10-15(9-13)21-17(20)16(11-19)12-5-3-2-4-6-12;1-5(2,3)4;;/h2*2-6,13-16,19H,7-11H2,1H3;(H2,1,2,3,4);2*1H2/t2*13-,14+,15+,16-;;;/m11.../s1. The van der Waals surface area contributed by atoms with Crippen LogP contribution in [0.2, 0.25) is 0 Å². The molecule has 0 unspecified atom stereocenters. The van der Waals surface area contributed by atoms with Gasteiger partial charge in [-0.1, -0.05) is 60.7 Å². The van der Waals surface area contributed by atoms with Crippen LogP contribution in [-0.2, 0) is 29.5 Å². The molecule has 49 heavy (non-hydrogen) atoms. The molecule has 4 heterocycles.